The van der Waals surface area contributed by atoms with E-state index in [0.29, 0.717) is 6.04 Å². The third-order valence-electron chi connectivity index (χ3n) is 4.23. The Kier molecular flexibility index (Phi) is 6.09. The molecule has 1 aromatic rings. The lowest BCUT2D eigenvalue weighted by Gasteiger charge is -2.22. The standard InChI is InChI=1S/C18H28N2O/c1-3-19-17-12-11-14(2)13-16(17)18(21)20-15-9-7-5-4-6-8-10-15/h11-13,15,19H,3-10H2,1-2H3,(H,20,21). The Balaban J connectivity index is 2.06. The van der Waals surface area contributed by atoms with Gasteiger partial charge in [0.15, 0.2) is 0 Å². The van der Waals surface area contributed by atoms with Crippen LogP contribution in [0.2, 0.25) is 0 Å². The molecule has 1 aliphatic rings. The average molecular weight is 288 g/mol. The highest BCUT2D eigenvalue weighted by molar-refractivity contribution is 6.00. The van der Waals surface area contributed by atoms with Gasteiger partial charge in [-0.2, -0.15) is 0 Å². The van der Waals surface area contributed by atoms with Crippen LogP contribution >= 0.6 is 0 Å². The minimum absolute atomic E-state index is 0.0697. The third kappa shape index (κ3) is 4.76. The number of aryl methyl sites for hydroxylation is 1. The van der Waals surface area contributed by atoms with Gasteiger partial charge in [-0.3, -0.25) is 4.79 Å². The number of carbonyl (C=O) groups is 1. The molecule has 0 aromatic heterocycles. The van der Waals surface area contributed by atoms with Crippen LogP contribution in [0, 0.1) is 6.92 Å². The van der Waals surface area contributed by atoms with E-state index in [2.05, 4.69) is 17.6 Å². The van der Waals surface area contributed by atoms with Gasteiger partial charge in [0.25, 0.3) is 5.91 Å². The lowest BCUT2D eigenvalue weighted by Crippen LogP contribution is -2.35. The van der Waals surface area contributed by atoms with E-state index >= 15 is 0 Å². The van der Waals surface area contributed by atoms with Gasteiger partial charge in [-0.05, 0) is 38.8 Å². The maximum atomic E-state index is 12.6. The Bertz CT molecular complexity index is 462. The second-order valence-electron chi connectivity index (χ2n) is 6.09. The third-order valence-corrected chi connectivity index (χ3v) is 4.23. The van der Waals surface area contributed by atoms with Gasteiger partial charge in [0.2, 0.25) is 0 Å². The monoisotopic (exact) mass is 288 g/mol. The van der Waals surface area contributed by atoms with Gasteiger partial charge in [0.05, 0.1) is 5.56 Å². The van der Waals surface area contributed by atoms with Crippen LogP contribution in [0.25, 0.3) is 0 Å². The summed E-state index contributed by atoms with van der Waals surface area (Å²) in [5, 5.41) is 6.53. The van der Waals surface area contributed by atoms with E-state index in [1.54, 1.807) is 0 Å². The first kappa shape index (κ1) is 15.9. The lowest BCUT2D eigenvalue weighted by molar-refractivity contribution is 0.0931. The summed E-state index contributed by atoms with van der Waals surface area (Å²) < 4.78 is 0. The molecule has 3 heteroatoms. The van der Waals surface area contributed by atoms with Gasteiger partial charge >= 0.3 is 0 Å². The van der Waals surface area contributed by atoms with Gasteiger partial charge in [-0.25, -0.2) is 0 Å². The number of rotatable bonds is 4. The van der Waals surface area contributed by atoms with E-state index in [9.17, 15) is 4.79 Å². The molecule has 1 fully saturated rings. The van der Waals surface area contributed by atoms with Gasteiger partial charge in [-0.1, -0.05) is 43.7 Å². The molecule has 0 unspecified atom stereocenters. The smallest absolute Gasteiger partial charge is 0.253 e. The fraction of sp³-hybridized carbons (Fsp3) is 0.611. The second-order valence-corrected chi connectivity index (χ2v) is 6.09. The van der Waals surface area contributed by atoms with Crippen LogP contribution in [0.5, 0.6) is 0 Å². The number of nitrogens with one attached hydrogen (secondary N) is 2. The molecule has 0 radical (unpaired) electrons. The fourth-order valence-corrected chi connectivity index (χ4v) is 3.05. The zero-order valence-electron chi connectivity index (χ0n) is 13.4. The van der Waals surface area contributed by atoms with Crippen LogP contribution in [0.3, 0.4) is 0 Å². The molecule has 116 valence electrons. The molecule has 2 rings (SSSR count). The van der Waals surface area contributed by atoms with E-state index in [4.69, 9.17) is 0 Å². The van der Waals surface area contributed by atoms with E-state index in [1.165, 1.54) is 32.1 Å². The lowest BCUT2D eigenvalue weighted by atomic mass is 9.96. The van der Waals surface area contributed by atoms with Gasteiger partial charge in [0.1, 0.15) is 0 Å². The van der Waals surface area contributed by atoms with Crippen molar-refractivity contribution in [3.63, 3.8) is 0 Å². The van der Waals surface area contributed by atoms with Crippen molar-refractivity contribution in [2.24, 2.45) is 0 Å². The maximum Gasteiger partial charge on any atom is 0.253 e. The summed E-state index contributed by atoms with van der Waals surface area (Å²) in [6.07, 6.45) is 8.67. The minimum Gasteiger partial charge on any atom is -0.385 e. The zero-order valence-corrected chi connectivity index (χ0v) is 13.4. The van der Waals surface area contributed by atoms with Crippen LogP contribution < -0.4 is 10.6 Å². The topological polar surface area (TPSA) is 41.1 Å². The molecule has 1 saturated carbocycles. The van der Waals surface area contributed by atoms with Crippen LogP contribution in [0.1, 0.15) is 67.8 Å². The van der Waals surface area contributed by atoms with Gasteiger partial charge < -0.3 is 10.6 Å². The molecule has 21 heavy (non-hydrogen) atoms. The number of amides is 1. The van der Waals surface area contributed by atoms with Crippen molar-refractivity contribution in [3.8, 4) is 0 Å². The van der Waals surface area contributed by atoms with Crippen LogP contribution in [0.4, 0.5) is 5.69 Å². The van der Waals surface area contributed by atoms with Crippen LogP contribution in [-0.2, 0) is 0 Å². The Labute approximate surface area is 128 Å². The molecule has 1 aromatic carbocycles. The number of hydrogen-bond acceptors (Lipinski definition) is 2. The second kappa shape index (κ2) is 8.06. The maximum absolute atomic E-state index is 12.6. The predicted molar refractivity (Wildman–Crippen MR) is 88.9 cm³/mol. The minimum atomic E-state index is 0.0697. The van der Waals surface area contributed by atoms with Gasteiger partial charge in [0, 0.05) is 18.3 Å². The molecule has 1 aliphatic carbocycles. The fourth-order valence-electron chi connectivity index (χ4n) is 3.05. The number of anilines is 1. The van der Waals surface area contributed by atoms with Crippen LogP contribution in [-0.4, -0.2) is 18.5 Å². The summed E-state index contributed by atoms with van der Waals surface area (Å²) in [7, 11) is 0. The first-order valence-corrected chi connectivity index (χ1v) is 8.36. The quantitative estimate of drug-likeness (QED) is 0.868. The Morgan fingerprint density at radius 2 is 1.81 bits per heavy atom. The first-order chi connectivity index (χ1) is 10.2. The molecule has 1 amide bonds. The molecular weight excluding hydrogens is 260 g/mol. The normalized spacial score (nSPS) is 16.9. The molecular formula is C18H28N2O. The Hall–Kier alpha value is -1.51. The number of hydrogen-bond donors (Lipinski definition) is 2. The number of benzene rings is 1. The van der Waals surface area contributed by atoms with E-state index in [-0.39, 0.29) is 5.91 Å². The summed E-state index contributed by atoms with van der Waals surface area (Å²) >= 11 is 0. The highest BCUT2D eigenvalue weighted by Crippen LogP contribution is 2.20. The predicted octanol–water partition coefficient (Wildman–Crippen LogP) is 4.27. The molecule has 0 heterocycles. The van der Waals surface area contributed by atoms with Crippen molar-refractivity contribution in [1.29, 1.82) is 0 Å². The first-order valence-electron chi connectivity index (χ1n) is 8.36. The van der Waals surface area contributed by atoms with E-state index in [0.717, 1.165) is 36.2 Å². The summed E-state index contributed by atoms with van der Waals surface area (Å²) in [6.45, 7) is 4.91. The van der Waals surface area contributed by atoms with Crippen molar-refractivity contribution in [2.45, 2.75) is 64.8 Å². The van der Waals surface area contributed by atoms with E-state index in [1.807, 2.05) is 25.1 Å². The zero-order chi connectivity index (χ0) is 15.1. The van der Waals surface area contributed by atoms with E-state index < -0.39 is 0 Å². The molecule has 0 atom stereocenters. The average Bonchev–Trinajstić information content (AvgIpc) is 2.43. The Morgan fingerprint density at radius 1 is 1.14 bits per heavy atom. The van der Waals surface area contributed by atoms with Crippen molar-refractivity contribution in [2.75, 3.05) is 11.9 Å². The van der Waals surface area contributed by atoms with Crippen LogP contribution in [0.15, 0.2) is 18.2 Å². The van der Waals surface area contributed by atoms with Crippen molar-refractivity contribution in [3.05, 3.63) is 29.3 Å². The molecule has 2 N–H and O–H groups in total. The molecule has 0 saturated heterocycles. The molecule has 0 bridgehead atoms. The summed E-state index contributed by atoms with van der Waals surface area (Å²) in [5.41, 5.74) is 2.84. The van der Waals surface area contributed by atoms with Crippen molar-refractivity contribution in [1.82, 2.24) is 5.32 Å². The highest BCUT2D eigenvalue weighted by atomic mass is 16.1. The number of carbonyl (C=O) groups excluding carboxylic acids is 1. The SMILES string of the molecule is CCNc1ccc(C)cc1C(=O)NC1CCCCCCC1. The molecule has 3 nitrogen and oxygen atoms in total. The molecule has 0 spiro atoms. The van der Waals surface area contributed by atoms with Gasteiger partial charge in [-0.15, -0.1) is 0 Å². The Morgan fingerprint density at radius 3 is 2.48 bits per heavy atom. The summed E-state index contributed by atoms with van der Waals surface area (Å²) in [4.78, 5) is 12.6. The summed E-state index contributed by atoms with van der Waals surface area (Å²) in [5.74, 6) is 0.0697. The largest absolute Gasteiger partial charge is 0.385 e. The van der Waals surface area contributed by atoms with Crippen molar-refractivity contribution >= 4 is 11.6 Å². The molecule has 0 aliphatic heterocycles. The van der Waals surface area contributed by atoms with Crippen molar-refractivity contribution < 1.29 is 4.79 Å². The highest BCUT2D eigenvalue weighted by Gasteiger charge is 2.17. The summed E-state index contributed by atoms with van der Waals surface area (Å²) in [6, 6.07) is 6.37.